The average molecular weight is 332 g/mol. The number of aromatic amines is 1. The van der Waals surface area contributed by atoms with E-state index in [1.165, 1.54) is 10.4 Å². The van der Waals surface area contributed by atoms with Crippen molar-refractivity contribution >= 4 is 28.6 Å². The van der Waals surface area contributed by atoms with E-state index in [9.17, 15) is 4.79 Å². The summed E-state index contributed by atoms with van der Waals surface area (Å²) in [6, 6.07) is 3.60. The van der Waals surface area contributed by atoms with Crippen molar-refractivity contribution < 1.29 is 4.79 Å². The second-order valence-electron chi connectivity index (χ2n) is 5.03. The van der Waals surface area contributed by atoms with Crippen molar-refractivity contribution in [3.63, 3.8) is 0 Å². The molecule has 7 heteroatoms. The van der Waals surface area contributed by atoms with Gasteiger partial charge in [0.2, 0.25) is 0 Å². The third-order valence-electron chi connectivity index (χ3n) is 3.41. The topological polar surface area (TPSA) is 70.7 Å². The van der Waals surface area contributed by atoms with Crippen LogP contribution in [0.1, 0.15) is 37.7 Å². The van der Waals surface area contributed by atoms with Crippen LogP contribution < -0.4 is 5.32 Å². The van der Waals surface area contributed by atoms with Crippen LogP contribution in [0.5, 0.6) is 0 Å². The SMILES string of the molecule is Cc1nc(C(Cc2ccsc2)NC(=O)c2ccn[nH]2)sc1C. The van der Waals surface area contributed by atoms with Crippen LogP contribution in [0.4, 0.5) is 0 Å². The monoisotopic (exact) mass is 332 g/mol. The van der Waals surface area contributed by atoms with Crippen molar-refractivity contribution in [1.29, 1.82) is 0 Å². The van der Waals surface area contributed by atoms with E-state index >= 15 is 0 Å². The number of hydrogen-bond donors (Lipinski definition) is 2. The molecular weight excluding hydrogens is 316 g/mol. The predicted molar refractivity (Wildman–Crippen MR) is 88.4 cm³/mol. The van der Waals surface area contributed by atoms with Crippen molar-refractivity contribution in [1.82, 2.24) is 20.5 Å². The van der Waals surface area contributed by atoms with Gasteiger partial charge < -0.3 is 5.32 Å². The molecule has 0 saturated heterocycles. The summed E-state index contributed by atoms with van der Waals surface area (Å²) in [7, 11) is 0. The molecule has 3 heterocycles. The molecule has 0 bridgehead atoms. The van der Waals surface area contributed by atoms with Gasteiger partial charge in [-0.25, -0.2) is 4.98 Å². The number of H-pyrrole nitrogens is 1. The van der Waals surface area contributed by atoms with Gasteiger partial charge in [0.05, 0.1) is 11.7 Å². The van der Waals surface area contributed by atoms with Gasteiger partial charge >= 0.3 is 0 Å². The van der Waals surface area contributed by atoms with Crippen LogP contribution in [0.25, 0.3) is 0 Å². The van der Waals surface area contributed by atoms with Gasteiger partial charge in [0.25, 0.3) is 5.91 Å². The number of aromatic nitrogens is 3. The quantitative estimate of drug-likeness (QED) is 0.753. The summed E-state index contributed by atoms with van der Waals surface area (Å²) >= 11 is 3.29. The van der Waals surface area contributed by atoms with Gasteiger partial charge in [0.15, 0.2) is 0 Å². The zero-order valence-electron chi connectivity index (χ0n) is 12.3. The minimum absolute atomic E-state index is 0.136. The number of hydrogen-bond acceptors (Lipinski definition) is 5. The van der Waals surface area contributed by atoms with Crippen molar-refractivity contribution in [3.8, 4) is 0 Å². The summed E-state index contributed by atoms with van der Waals surface area (Å²) in [5, 5.41) is 14.7. The molecule has 3 aromatic heterocycles. The Labute approximate surface area is 136 Å². The highest BCUT2D eigenvalue weighted by Crippen LogP contribution is 2.26. The Hall–Kier alpha value is -1.99. The Balaban J connectivity index is 1.83. The molecule has 22 heavy (non-hydrogen) atoms. The Morgan fingerprint density at radius 1 is 1.41 bits per heavy atom. The average Bonchev–Trinajstić information content (AvgIpc) is 3.22. The lowest BCUT2D eigenvalue weighted by atomic mass is 10.1. The number of carbonyl (C=O) groups excluding carboxylic acids is 1. The second kappa shape index (κ2) is 6.41. The molecule has 3 rings (SSSR count). The number of carbonyl (C=O) groups is 1. The number of nitrogens with zero attached hydrogens (tertiary/aromatic N) is 2. The van der Waals surface area contributed by atoms with E-state index in [0.29, 0.717) is 5.69 Å². The molecule has 114 valence electrons. The molecule has 0 aromatic carbocycles. The number of rotatable bonds is 5. The summed E-state index contributed by atoms with van der Waals surface area (Å²) in [6.07, 6.45) is 2.30. The fourth-order valence-electron chi connectivity index (χ4n) is 2.11. The predicted octanol–water partition coefficient (Wildman–Crippen LogP) is 3.26. The Bertz CT molecular complexity index is 727. The van der Waals surface area contributed by atoms with E-state index in [1.54, 1.807) is 34.9 Å². The first-order chi connectivity index (χ1) is 10.6. The Morgan fingerprint density at radius 2 is 2.27 bits per heavy atom. The van der Waals surface area contributed by atoms with Gasteiger partial charge in [-0.1, -0.05) is 0 Å². The fourth-order valence-corrected chi connectivity index (χ4v) is 3.77. The van der Waals surface area contributed by atoms with E-state index in [-0.39, 0.29) is 11.9 Å². The minimum Gasteiger partial charge on any atom is -0.341 e. The number of thiazole rings is 1. The molecule has 0 saturated carbocycles. The number of thiophene rings is 1. The standard InChI is InChI=1S/C15H16N4OS2/c1-9-10(2)22-15(17-9)13(7-11-4-6-21-8-11)18-14(20)12-3-5-16-19-12/h3-6,8,13H,7H2,1-2H3,(H,16,19)(H,18,20). The number of nitrogens with one attached hydrogen (secondary N) is 2. The molecule has 5 nitrogen and oxygen atoms in total. The maximum Gasteiger partial charge on any atom is 0.269 e. The van der Waals surface area contributed by atoms with Crippen molar-refractivity contribution in [3.05, 3.63) is 55.9 Å². The summed E-state index contributed by atoms with van der Waals surface area (Å²) in [5.74, 6) is -0.164. The Morgan fingerprint density at radius 3 is 2.86 bits per heavy atom. The van der Waals surface area contributed by atoms with Crippen LogP contribution in [-0.4, -0.2) is 21.1 Å². The number of aryl methyl sites for hydroxylation is 2. The maximum absolute atomic E-state index is 12.3. The molecule has 2 N–H and O–H groups in total. The second-order valence-corrected chi connectivity index (χ2v) is 7.04. The molecule has 1 amide bonds. The number of amides is 1. The molecule has 0 spiro atoms. The Kier molecular flexibility index (Phi) is 4.35. The van der Waals surface area contributed by atoms with E-state index in [2.05, 4.69) is 38.9 Å². The first-order valence-corrected chi connectivity index (χ1v) is 8.64. The first kappa shape index (κ1) is 14.9. The van der Waals surface area contributed by atoms with Gasteiger partial charge in [-0.05, 0) is 42.3 Å². The van der Waals surface area contributed by atoms with Gasteiger partial charge in [-0.3, -0.25) is 9.89 Å². The van der Waals surface area contributed by atoms with Crippen LogP contribution in [0.15, 0.2) is 29.1 Å². The van der Waals surface area contributed by atoms with Crippen molar-refractivity contribution in [2.24, 2.45) is 0 Å². The maximum atomic E-state index is 12.3. The van der Waals surface area contributed by atoms with Crippen LogP contribution >= 0.6 is 22.7 Å². The third-order valence-corrected chi connectivity index (χ3v) is 5.33. The van der Waals surface area contributed by atoms with Gasteiger partial charge in [0.1, 0.15) is 10.7 Å². The van der Waals surface area contributed by atoms with Crippen LogP contribution in [0.2, 0.25) is 0 Å². The zero-order chi connectivity index (χ0) is 15.5. The van der Waals surface area contributed by atoms with Gasteiger partial charge in [-0.15, -0.1) is 11.3 Å². The molecule has 1 atom stereocenters. The van der Waals surface area contributed by atoms with E-state index in [4.69, 9.17) is 0 Å². The smallest absolute Gasteiger partial charge is 0.269 e. The normalized spacial score (nSPS) is 12.3. The summed E-state index contributed by atoms with van der Waals surface area (Å²) < 4.78 is 0. The van der Waals surface area contributed by atoms with Crippen molar-refractivity contribution in [2.75, 3.05) is 0 Å². The van der Waals surface area contributed by atoms with E-state index < -0.39 is 0 Å². The highest BCUT2D eigenvalue weighted by Gasteiger charge is 2.21. The lowest BCUT2D eigenvalue weighted by Crippen LogP contribution is -2.30. The van der Waals surface area contributed by atoms with E-state index in [1.807, 2.05) is 12.3 Å². The molecule has 0 aliphatic carbocycles. The lowest BCUT2D eigenvalue weighted by molar-refractivity contribution is 0.0931. The molecule has 0 aliphatic rings. The lowest BCUT2D eigenvalue weighted by Gasteiger charge is -2.15. The highest BCUT2D eigenvalue weighted by molar-refractivity contribution is 7.11. The molecule has 0 aliphatic heterocycles. The largest absolute Gasteiger partial charge is 0.341 e. The van der Waals surface area contributed by atoms with Crippen LogP contribution in [-0.2, 0) is 6.42 Å². The summed E-state index contributed by atoms with van der Waals surface area (Å²) in [6.45, 7) is 4.04. The molecule has 3 aromatic rings. The highest BCUT2D eigenvalue weighted by atomic mass is 32.1. The van der Waals surface area contributed by atoms with Crippen LogP contribution in [0.3, 0.4) is 0 Å². The third kappa shape index (κ3) is 3.26. The molecular formula is C15H16N4OS2. The van der Waals surface area contributed by atoms with Crippen molar-refractivity contribution in [2.45, 2.75) is 26.3 Å². The van der Waals surface area contributed by atoms with Gasteiger partial charge in [0, 0.05) is 17.5 Å². The summed E-state index contributed by atoms with van der Waals surface area (Å²) in [4.78, 5) is 18.1. The summed E-state index contributed by atoms with van der Waals surface area (Å²) in [5.41, 5.74) is 2.68. The molecule has 0 fully saturated rings. The first-order valence-electron chi connectivity index (χ1n) is 6.88. The minimum atomic E-state index is -0.164. The molecule has 0 radical (unpaired) electrons. The van der Waals surface area contributed by atoms with Gasteiger partial charge in [-0.2, -0.15) is 16.4 Å². The van der Waals surface area contributed by atoms with E-state index in [0.717, 1.165) is 17.1 Å². The fraction of sp³-hybridized carbons (Fsp3) is 0.267. The molecule has 1 unspecified atom stereocenters. The zero-order valence-corrected chi connectivity index (χ0v) is 13.9. The van der Waals surface area contributed by atoms with Crippen LogP contribution in [0, 0.1) is 13.8 Å².